The summed E-state index contributed by atoms with van der Waals surface area (Å²) in [5, 5.41) is 9.28. The van der Waals surface area contributed by atoms with Crippen LogP contribution >= 0.6 is 0 Å². The van der Waals surface area contributed by atoms with Crippen molar-refractivity contribution in [1.29, 1.82) is 0 Å². The van der Waals surface area contributed by atoms with Gasteiger partial charge in [-0.05, 0) is 51.5 Å². The molecular weight excluding hydrogens is 240 g/mol. The van der Waals surface area contributed by atoms with Gasteiger partial charge in [-0.2, -0.15) is 0 Å². The molecule has 1 N–H and O–H groups in total. The van der Waals surface area contributed by atoms with E-state index in [1.54, 1.807) is 12.3 Å². The Balaban J connectivity index is 2.73. The van der Waals surface area contributed by atoms with Gasteiger partial charge >= 0.3 is 5.97 Å². The van der Waals surface area contributed by atoms with Crippen LogP contribution in [0.25, 0.3) is 11.3 Å². The molecule has 0 spiro atoms. The smallest absolute Gasteiger partial charge is 0.352 e. The minimum absolute atomic E-state index is 0.0788. The summed E-state index contributed by atoms with van der Waals surface area (Å²) < 4.78 is 1.85. The van der Waals surface area contributed by atoms with Gasteiger partial charge in [0, 0.05) is 23.5 Å². The Morgan fingerprint density at radius 3 is 2.47 bits per heavy atom. The lowest BCUT2D eigenvalue weighted by molar-refractivity contribution is 0.0683. The standard InChI is InChI=1S/C15H18N2O2/c1-9(2)17-12(5-6-13(17)15(18)19)14-10(3)7-8-16-11(14)4/h5-9H,1-4H3,(H,18,19). The summed E-state index contributed by atoms with van der Waals surface area (Å²) in [7, 11) is 0. The number of nitrogens with zero attached hydrogens (tertiary/aromatic N) is 2. The molecule has 0 saturated carbocycles. The van der Waals surface area contributed by atoms with Gasteiger partial charge in [0.25, 0.3) is 0 Å². The van der Waals surface area contributed by atoms with Gasteiger partial charge in [0.2, 0.25) is 0 Å². The first kappa shape index (κ1) is 13.3. The van der Waals surface area contributed by atoms with Gasteiger partial charge < -0.3 is 9.67 Å². The molecule has 4 nitrogen and oxygen atoms in total. The van der Waals surface area contributed by atoms with Crippen LogP contribution in [0.2, 0.25) is 0 Å². The van der Waals surface area contributed by atoms with E-state index in [4.69, 9.17) is 0 Å². The predicted molar refractivity (Wildman–Crippen MR) is 74.5 cm³/mol. The summed E-state index contributed by atoms with van der Waals surface area (Å²) in [5.41, 5.74) is 4.26. The number of carboxylic acid groups (broad SMARTS) is 1. The van der Waals surface area contributed by atoms with Crippen LogP contribution in [0.3, 0.4) is 0 Å². The molecule has 0 aromatic carbocycles. The lowest BCUT2D eigenvalue weighted by Gasteiger charge is -2.17. The van der Waals surface area contributed by atoms with Crippen LogP contribution in [0.5, 0.6) is 0 Å². The summed E-state index contributed by atoms with van der Waals surface area (Å²) in [5.74, 6) is -0.904. The molecule has 4 heteroatoms. The van der Waals surface area contributed by atoms with Crippen LogP contribution in [0, 0.1) is 13.8 Å². The SMILES string of the molecule is Cc1ccnc(C)c1-c1ccc(C(=O)O)n1C(C)C. The number of hydrogen-bond acceptors (Lipinski definition) is 2. The molecule has 2 heterocycles. The lowest BCUT2D eigenvalue weighted by atomic mass is 10.0. The Labute approximate surface area is 112 Å². The quantitative estimate of drug-likeness (QED) is 0.917. The Morgan fingerprint density at radius 2 is 1.95 bits per heavy atom. The maximum absolute atomic E-state index is 11.3. The third-order valence-electron chi connectivity index (χ3n) is 3.26. The minimum Gasteiger partial charge on any atom is -0.477 e. The molecule has 100 valence electrons. The second kappa shape index (κ2) is 4.88. The van der Waals surface area contributed by atoms with Crippen LogP contribution < -0.4 is 0 Å². The van der Waals surface area contributed by atoms with Gasteiger partial charge in [-0.25, -0.2) is 4.79 Å². The number of pyridine rings is 1. The van der Waals surface area contributed by atoms with Gasteiger partial charge in [0.1, 0.15) is 5.69 Å². The molecule has 19 heavy (non-hydrogen) atoms. The van der Waals surface area contributed by atoms with Crippen LogP contribution in [0.1, 0.15) is 41.6 Å². The van der Waals surface area contributed by atoms with Crippen molar-refractivity contribution in [2.45, 2.75) is 33.7 Å². The monoisotopic (exact) mass is 258 g/mol. The Hall–Kier alpha value is -2.10. The zero-order valence-corrected chi connectivity index (χ0v) is 11.6. The Kier molecular flexibility index (Phi) is 3.42. The fraction of sp³-hybridized carbons (Fsp3) is 0.333. The fourth-order valence-electron chi connectivity index (χ4n) is 2.46. The van der Waals surface area contributed by atoms with Crippen molar-refractivity contribution in [2.24, 2.45) is 0 Å². The third-order valence-corrected chi connectivity index (χ3v) is 3.26. The van der Waals surface area contributed by atoms with Gasteiger partial charge in [-0.3, -0.25) is 4.98 Å². The largest absolute Gasteiger partial charge is 0.477 e. The van der Waals surface area contributed by atoms with Gasteiger partial charge in [0.05, 0.1) is 5.69 Å². The van der Waals surface area contributed by atoms with Crippen molar-refractivity contribution < 1.29 is 9.90 Å². The molecule has 0 radical (unpaired) electrons. The molecule has 0 fully saturated rings. The van der Waals surface area contributed by atoms with Crippen molar-refractivity contribution in [3.63, 3.8) is 0 Å². The lowest BCUT2D eigenvalue weighted by Crippen LogP contribution is -2.12. The van der Waals surface area contributed by atoms with Crippen molar-refractivity contribution in [1.82, 2.24) is 9.55 Å². The van der Waals surface area contributed by atoms with Crippen LogP contribution in [0.4, 0.5) is 0 Å². The maximum Gasteiger partial charge on any atom is 0.352 e. The van der Waals surface area contributed by atoms with E-state index in [9.17, 15) is 9.90 Å². The van der Waals surface area contributed by atoms with Crippen molar-refractivity contribution in [2.75, 3.05) is 0 Å². The first-order chi connectivity index (χ1) is 8.93. The van der Waals surface area contributed by atoms with E-state index < -0.39 is 5.97 Å². The van der Waals surface area contributed by atoms with Gasteiger partial charge in [0.15, 0.2) is 0 Å². The average molecular weight is 258 g/mol. The number of aromatic carboxylic acids is 1. The van der Waals surface area contributed by atoms with E-state index in [1.165, 1.54) is 0 Å². The summed E-state index contributed by atoms with van der Waals surface area (Å²) in [6, 6.07) is 5.54. The van der Waals surface area contributed by atoms with Crippen LogP contribution in [-0.2, 0) is 0 Å². The van der Waals surface area contributed by atoms with E-state index >= 15 is 0 Å². The summed E-state index contributed by atoms with van der Waals surface area (Å²) in [4.78, 5) is 15.6. The molecule has 0 aliphatic rings. The molecule has 0 amide bonds. The molecule has 0 atom stereocenters. The van der Waals surface area contributed by atoms with E-state index in [-0.39, 0.29) is 6.04 Å². The molecule has 0 unspecified atom stereocenters. The summed E-state index contributed by atoms with van der Waals surface area (Å²) in [6.45, 7) is 7.93. The normalized spacial score (nSPS) is 11.0. The zero-order chi connectivity index (χ0) is 14.2. The van der Waals surface area contributed by atoms with Gasteiger partial charge in [-0.15, -0.1) is 0 Å². The minimum atomic E-state index is -0.904. The molecule has 0 bridgehead atoms. The first-order valence-corrected chi connectivity index (χ1v) is 6.30. The summed E-state index contributed by atoms with van der Waals surface area (Å²) in [6.07, 6.45) is 1.77. The number of carboxylic acids is 1. The number of carbonyl (C=O) groups is 1. The van der Waals surface area contributed by atoms with Crippen molar-refractivity contribution >= 4 is 5.97 Å². The highest BCUT2D eigenvalue weighted by Crippen LogP contribution is 2.30. The number of aromatic nitrogens is 2. The molecule has 0 aliphatic heterocycles. The second-order valence-corrected chi connectivity index (χ2v) is 4.96. The van der Waals surface area contributed by atoms with E-state index in [0.717, 1.165) is 22.5 Å². The highest BCUT2D eigenvalue weighted by molar-refractivity contribution is 5.88. The molecule has 0 saturated heterocycles. The number of hydrogen-bond donors (Lipinski definition) is 1. The Morgan fingerprint density at radius 1 is 1.26 bits per heavy atom. The molecule has 2 aromatic heterocycles. The van der Waals surface area contributed by atoms with E-state index in [0.29, 0.717) is 5.69 Å². The highest BCUT2D eigenvalue weighted by atomic mass is 16.4. The zero-order valence-electron chi connectivity index (χ0n) is 11.6. The van der Waals surface area contributed by atoms with Crippen LogP contribution in [-0.4, -0.2) is 20.6 Å². The molecule has 0 aliphatic carbocycles. The van der Waals surface area contributed by atoms with Gasteiger partial charge in [-0.1, -0.05) is 0 Å². The van der Waals surface area contributed by atoms with E-state index in [1.807, 2.05) is 44.4 Å². The number of aryl methyl sites for hydroxylation is 2. The predicted octanol–water partition coefficient (Wildman–Crippen LogP) is 3.45. The van der Waals surface area contributed by atoms with Crippen LogP contribution in [0.15, 0.2) is 24.4 Å². The molecule has 2 aromatic rings. The van der Waals surface area contributed by atoms with E-state index in [2.05, 4.69) is 4.98 Å². The first-order valence-electron chi connectivity index (χ1n) is 6.30. The second-order valence-electron chi connectivity index (χ2n) is 4.96. The molecule has 2 rings (SSSR count). The number of rotatable bonds is 3. The molecular formula is C15H18N2O2. The highest BCUT2D eigenvalue weighted by Gasteiger charge is 2.19. The topological polar surface area (TPSA) is 55.1 Å². The Bertz CT molecular complexity index is 607. The summed E-state index contributed by atoms with van der Waals surface area (Å²) >= 11 is 0. The maximum atomic E-state index is 11.3. The third kappa shape index (κ3) is 2.26. The van der Waals surface area contributed by atoms with Crippen molar-refractivity contribution in [3.05, 3.63) is 41.3 Å². The average Bonchev–Trinajstić information content (AvgIpc) is 2.73. The van der Waals surface area contributed by atoms with Crippen molar-refractivity contribution in [3.8, 4) is 11.3 Å². The fourth-order valence-corrected chi connectivity index (χ4v) is 2.46.